The summed E-state index contributed by atoms with van der Waals surface area (Å²) in [4.78, 5) is 4.25. The SMILES string of the molecule is Cc1ccccc1CCc1nc(C(C)N)no1. The average molecular weight is 231 g/mol. The average Bonchev–Trinajstić information content (AvgIpc) is 2.77. The maximum absolute atomic E-state index is 5.67. The lowest BCUT2D eigenvalue weighted by molar-refractivity contribution is 0.370. The van der Waals surface area contributed by atoms with Gasteiger partial charge in [0.25, 0.3) is 0 Å². The highest BCUT2D eigenvalue weighted by atomic mass is 16.5. The molecule has 90 valence electrons. The highest BCUT2D eigenvalue weighted by molar-refractivity contribution is 5.25. The van der Waals surface area contributed by atoms with Crippen LogP contribution in [0.15, 0.2) is 28.8 Å². The molecule has 1 atom stereocenters. The molecule has 0 saturated carbocycles. The van der Waals surface area contributed by atoms with Gasteiger partial charge in [0.2, 0.25) is 5.89 Å². The van der Waals surface area contributed by atoms with Gasteiger partial charge in [-0.15, -0.1) is 0 Å². The van der Waals surface area contributed by atoms with Crippen LogP contribution in [0.4, 0.5) is 0 Å². The Morgan fingerprint density at radius 3 is 2.71 bits per heavy atom. The van der Waals surface area contributed by atoms with E-state index in [4.69, 9.17) is 10.3 Å². The minimum absolute atomic E-state index is 0.175. The summed E-state index contributed by atoms with van der Waals surface area (Å²) in [5.74, 6) is 1.23. The minimum atomic E-state index is -0.175. The first-order chi connectivity index (χ1) is 8.16. The molecule has 0 fully saturated rings. The first-order valence-electron chi connectivity index (χ1n) is 5.79. The van der Waals surface area contributed by atoms with Crippen LogP contribution < -0.4 is 5.73 Å². The van der Waals surface area contributed by atoms with Gasteiger partial charge in [-0.2, -0.15) is 4.98 Å². The van der Waals surface area contributed by atoms with E-state index in [-0.39, 0.29) is 6.04 Å². The Bertz CT molecular complexity index is 491. The Morgan fingerprint density at radius 2 is 2.06 bits per heavy atom. The van der Waals surface area contributed by atoms with Crippen molar-refractivity contribution in [2.24, 2.45) is 5.73 Å². The Labute approximate surface area is 101 Å². The summed E-state index contributed by atoms with van der Waals surface area (Å²) >= 11 is 0. The van der Waals surface area contributed by atoms with Crippen LogP contribution in [-0.2, 0) is 12.8 Å². The van der Waals surface area contributed by atoms with Crippen molar-refractivity contribution >= 4 is 0 Å². The van der Waals surface area contributed by atoms with Gasteiger partial charge in [-0.25, -0.2) is 0 Å². The normalized spacial score (nSPS) is 12.6. The molecule has 0 amide bonds. The first kappa shape index (κ1) is 11.8. The van der Waals surface area contributed by atoms with Crippen molar-refractivity contribution in [1.29, 1.82) is 0 Å². The second-order valence-corrected chi connectivity index (χ2v) is 4.26. The van der Waals surface area contributed by atoms with Crippen LogP contribution in [-0.4, -0.2) is 10.1 Å². The highest BCUT2D eigenvalue weighted by Gasteiger charge is 2.10. The van der Waals surface area contributed by atoms with E-state index in [9.17, 15) is 0 Å². The van der Waals surface area contributed by atoms with Gasteiger partial charge in [0.15, 0.2) is 5.82 Å². The molecule has 0 bridgehead atoms. The zero-order valence-corrected chi connectivity index (χ0v) is 10.2. The number of hydrogen-bond donors (Lipinski definition) is 1. The Kier molecular flexibility index (Phi) is 3.54. The number of hydrogen-bond acceptors (Lipinski definition) is 4. The quantitative estimate of drug-likeness (QED) is 0.876. The zero-order valence-electron chi connectivity index (χ0n) is 10.2. The van der Waals surface area contributed by atoms with Crippen molar-refractivity contribution in [1.82, 2.24) is 10.1 Å². The van der Waals surface area contributed by atoms with Gasteiger partial charge >= 0.3 is 0 Å². The summed E-state index contributed by atoms with van der Waals surface area (Å²) in [6.45, 7) is 3.95. The fourth-order valence-corrected chi connectivity index (χ4v) is 1.69. The van der Waals surface area contributed by atoms with Gasteiger partial charge in [0.05, 0.1) is 6.04 Å². The van der Waals surface area contributed by atoms with Crippen molar-refractivity contribution in [3.05, 3.63) is 47.1 Å². The molecule has 2 aromatic rings. The molecule has 0 radical (unpaired) electrons. The second-order valence-electron chi connectivity index (χ2n) is 4.26. The predicted molar refractivity (Wildman–Crippen MR) is 65.5 cm³/mol. The molecule has 0 aliphatic heterocycles. The molecule has 1 aromatic carbocycles. The summed E-state index contributed by atoms with van der Waals surface area (Å²) in [5, 5.41) is 3.84. The van der Waals surface area contributed by atoms with E-state index in [1.54, 1.807) is 0 Å². The molecule has 0 aliphatic rings. The molecule has 1 heterocycles. The number of benzene rings is 1. The number of aromatic nitrogens is 2. The molecule has 0 spiro atoms. The van der Waals surface area contributed by atoms with E-state index in [0.717, 1.165) is 12.8 Å². The van der Waals surface area contributed by atoms with Gasteiger partial charge in [-0.3, -0.25) is 0 Å². The topological polar surface area (TPSA) is 64.9 Å². The number of rotatable bonds is 4. The number of aryl methyl sites for hydroxylation is 3. The van der Waals surface area contributed by atoms with Crippen molar-refractivity contribution in [3.63, 3.8) is 0 Å². The van der Waals surface area contributed by atoms with E-state index >= 15 is 0 Å². The first-order valence-corrected chi connectivity index (χ1v) is 5.79. The number of nitrogens with two attached hydrogens (primary N) is 1. The molecular weight excluding hydrogens is 214 g/mol. The van der Waals surface area contributed by atoms with Gasteiger partial charge in [-0.05, 0) is 31.4 Å². The lowest BCUT2D eigenvalue weighted by Crippen LogP contribution is -2.06. The van der Waals surface area contributed by atoms with Crippen molar-refractivity contribution in [3.8, 4) is 0 Å². The molecule has 1 unspecified atom stereocenters. The molecule has 1 aromatic heterocycles. The van der Waals surface area contributed by atoms with Crippen LogP contribution in [0.3, 0.4) is 0 Å². The molecule has 2 N–H and O–H groups in total. The van der Waals surface area contributed by atoms with Crippen molar-refractivity contribution in [2.45, 2.75) is 32.7 Å². The molecule has 17 heavy (non-hydrogen) atoms. The highest BCUT2D eigenvalue weighted by Crippen LogP contribution is 2.11. The fourth-order valence-electron chi connectivity index (χ4n) is 1.69. The minimum Gasteiger partial charge on any atom is -0.339 e. The fraction of sp³-hybridized carbons (Fsp3) is 0.385. The van der Waals surface area contributed by atoms with E-state index in [1.807, 2.05) is 19.1 Å². The molecular formula is C13H17N3O. The van der Waals surface area contributed by atoms with Crippen LogP contribution in [0.5, 0.6) is 0 Å². The standard InChI is InChI=1S/C13H17N3O/c1-9-5-3-4-6-11(9)7-8-12-15-13(10(2)14)16-17-12/h3-6,10H,7-8,14H2,1-2H3. The summed E-state index contributed by atoms with van der Waals surface area (Å²) < 4.78 is 5.15. The summed E-state index contributed by atoms with van der Waals surface area (Å²) in [7, 11) is 0. The maximum Gasteiger partial charge on any atom is 0.227 e. The van der Waals surface area contributed by atoms with Crippen LogP contribution in [0.2, 0.25) is 0 Å². The van der Waals surface area contributed by atoms with Gasteiger partial charge in [0, 0.05) is 6.42 Å². The lowest BCUT2D eigenvalue weighted by atomic mass is 10.0. The lowest BCUT2D eigenvalue weighted by Gasteiger charge is -2.02. The van der Waals surface area contributed by atoms with Crippen LogP contribution in [0.25, 0.3) is 0 Å². The smallest absolute Gasteiger partial charge is 0.227 e. The maximum atomic E-state index is 5.67. The van der Waals surface area contributed by atoms with Crippen LogP contribution >= 0.6 is 0 Å². The third kappa shape index (κ3) is 2.91. The van der Waals surface area contributed by atoms with Crippen LogP contribution in [0.1, 0.15) is 35.8 Å². The van der Waals surface area contributed by atoms with Gasteiger partial charge in [0.1, 0.15) is 0 Å². The molecule has 4 nitrogen and oxygen atoms in total. The Morgan fingerprint density at radius 1 is 1.29 bits per heavy atom. The summed E-state index contributed by atoms with van der Waals surface area (Å²) in [5.41, 5.74) is 8.28. The Hall–Kier alpha value is -1.68. The predicted octanol–water partition coefficient (Wildman–Crippen LogP) is 2.18. The van der Waals surface area contributed by atoms with E-state index < -0.39 is 0 Å². The van der Waals surface area contributed by atoms with E-state index in [2.05, 4.69) is 29.2 Å². The third-order valence-electron chi connectivity index (χ3n) is 2.76. The number of nitrogens with zero attached hydrogens (tertiary/aromatic N) is 2. The zero-order chi connectivity index (χ0) is 12.3. The largest absolute Gasteiger partial charge is 0.339 e. The Balaban J connectivity index is 2.00. The van der Waals surface area contributed by atoms with Crippen molar-refractivity contribution in [2.75, 3.05) is 0 Å². The third-order valence-corrected chi connectivity index (χ3v) is 2.76. The van der Waals surface area contributed by atoms with Crippen molar-refractivity contribution < 1.29 is 4.52 Å². The molecule has 0 saturated heterocycles. The summed E-state index contributed by atoms with van der Waals surface area (Å²) in [6.07, 6.45) is 1.66. The molecule has 4 heteroatoms. The molecule has 2 rings (SSSR count). The monoisotopic (exact) mass is 231 g/mol. The molecule has 0 aliphatic carbocycles. The second kappa shape index (κ2) is 5.10. The van der Waals surface area contributed by atoms with Gasteiger partial charge < -0.3 is 10.3 Å². The van der Waals surface area contributed by atoms with Gasteiger partial charge in [-0.1, -0.05) is 29.4 Å². The van der Waals surface area contributed by atoms with Crippen LogP contribution in [0, 0.1) is 6.92 Å². The summed E-state index contributed by atoms with van der Waals surface area (Å²) in [6, 6.07) is 8.14. The van der Waals surface area contributed by atoms with E-state index in [0.29, 0.717) is 11.7 Å². The van der Waals surface area contributed by atoms with E-state index in [1.165, 1.54) is 11.1 Å².